The van der Waals surface area contributed by atoms with Crippen molar-refractivity contribution in [2.45, 2.75) is 25.1 Å². The van der Waals surface area contributed by atoms with E-state index in [-0.39, 0.29) is 16.1 Å². The Morgan fingerprint density at radius 3 is 2.43 bits per heavy atom. The molecule has 1 fully saturated rings. The van der Waals surface area contributed by atoms with Crippen LogP contribution < -0.4 is 0 Å². The first-order valence-corrected chi connectivity index (χ1v) is 6.89. The smallest absolute Gasteiger partial charge is 0.416 e. The van der Waals surface area contributed by atoms with Crippen LogP contribution in [0.5, 0.6) is 0 Å². The number of carbonyl (C=O) groups is 2. The molecule has 1 aromatic rings. The topological polar surface area (TPSA) is 57.6 Å². The minimum absolute atomic E-state index is 0.182. The lowest BCUT2D eigenvalue weighted by Gasteiger charge is -2.21. The van der Waals surface area contributed by atoms with E-state index in [4.69, 9.17) is 5.11 Å². The number of carboxylic acids is 1. The number of halogens is 4. The average Bonchev–Trinajstić information content (AvgIpc) is 3.18. The van der Waals surface area contributed by atoms with Gasteiger partial charge in [-0.3, -0.25) is 9.59 Å². The summed E-state index contributed by atoms with van der Waals surface area (Å²) in [4.78, 5) is 24.2. The van der Waals surface area contributed by atoms with Crippen LogP contribution in [0.25, 0.3) is 0 Å². The third kappa shape index (κ3) is 3.75. The van der Waals surface area contributed by atoms with Crippen LogP contribution >= 0.6 is 15.9 Å². The van der Waals surface area contributed by atoms with Crippen molar-refractivity contribution < 1.29 is 27.9 Å². The maximum absolute atomic E-state index is 12.7. The molecule has 0 spiro atoms. The number of aliphatic carboxylic acids is 1. The van der Waals surface area contributed by atoms with Gasteiger partial charge in [0.05, 0.1) is 11.1 Å². The summed E-state index contributed by atoms with van der Waals surface area (Å²) in [5.41, 5.74) is -1.13. The monoisotopic (exact) mass is 365 g/mol. The zero-order valence-corrected chi connectivity index (χ0v) is 12.2. The molecule has 0 heterocycles. The van der Waals surface area contributed by atoms with E-state index < -0.39 is 30.2 Å². The number of rotatable bonds is 4. The molecular weight excluding hydrogens is 355 g/mol. The van der Waals surface area contributed by atoms with Gasteiger partial charge in [0.2, 0.25) is 0 Å². The quantitative estimate of drug-likeness (QED) is 0.891. The van der Waals surface area contributed by atoms with E-state index in [9.17, 15) is 22.8 Å². The third-order valence-corrected chi connectivity index (χ3v) is 3.77. The standard InChI is InChI=1S/C13H11BrF3NO3/c14-10-4-1-7(13(15,16)17)5-9(10)12(21)18(6-11(19)20)8-2-3-8/h1,4-5,8H,2-3,6H2,(H,19,20). The number of alkyl halides is 3. The van der Waals surface area contributed by atoms with E-state index in [1.54, 1.807) is 0 Å². The van der Waals surface area contributed by atoms with Gasteiger partial charge in [-0.05, 0) is 47.0 Å². The van der Waals surface area contributed by atoms with E-state index in [2.05, 4.69) is 15.9 Å². The van der Waals surface area contributed by atoms with Crippen LogP contribution in [0.1, 0.15) is 28.8 Å². The lowest BCUT2D eigenvalue weighted by molar-refractivity contribution is -0.138. The summed E-state index contributed by atoms with van der Waals surface area (Å²) in [5.74, 6) is -1.91. The average molecular weight is 366 g/mol. The molecule has 2 rings (SSSR count). The van der Waals surface area contributed by atoms with E-state index in [0.717, 1.165) is 23.1 Å². The zero-order chi connectivity index (χ0) is 15.8. The molecule has 0 radical (unpaired) electrons. The maximum Gasteiger partial charge on any atom is 0.416 e. The van der Waals surface area contributed by atoms with Crippen LogP contribution in [0.4, 0.5) is 13.2 Å². The highest BCUT2D eigenvalue weighted by Crippen LogP contribution is 2.34. The van der Waals surface area contributed by atoms with E-state index >= 15 is 0 Å². The fourth-order valence-corrected chi connectivity index (χ4v) is 2.34. The number of hydrogen-bond donors (Lipinski definition) is 1. The number of amides is 1. The fraction of sp³-hybridized carbons (Fsp3) is 0.385. The minimum atomic E-state index is -4.56. The van der Waals surface area contributed by atoms with Gasteiger partial charge in [-0.25, -0.2) is 0 Å². The molecule has 114 valence electrons. The Bertz CT molecular complexity index is 585. The van der Waals surface area contributed by atoms with Crippen LogP contribution in [0.15, 0.2) is 22.7 Å². The highest BCUT2D eigenvalue weighted by atomic mass is 79.9. The Hall–Kier alpha value is -1.57. The van der Waals surface area contributed by atoms with Crippen LogP contribution in [0, 0.1) is 0 Å². The van der Waals surface area contributed by atoms with Crippen molar-refractivity contribution in [1.82, 2.24) is 4.90 Å². The third-order valence-electron chi connectivity index (χ3n) is 3.08. The van der Waals surface area contributed by atoms with Crippen LogP contribution in [-0.2, 0) is 11.0 Å². The predicted octanol–water partition coefficient (Wildman–Crippen LogP) is 3.16. The van der Waals surface area contributed by atoms with Gasteiger partial charge in [0.15, 0.2) is 0 Å². The Morgan fingerprint density at radius 2 is 1.95 bits per heavy atom. The van der Waals surface area contributed by atoms with Gasteiger partial charge >= 0.3 is 12.1 Å². The Morgan fingerprint density at radius 1 is 1.33 bits per heavy atom. The summed E-state index contributed by atoms with van der Waals surface area (Å²) in [6, 6.07) is 2.53. The lowest BCUT2D eigenvalue weighted by Crippen LogP contribution is -2.37. The number of hydrogen-bond acceptors (Lipinski definition) is 2. The summed E-state index contributed by atoms with van der Waals surface area (Å²) < 4.78 is 38.3. The molecule has 0 unspecified atom stereocenters. The second kappa shape index (κ2) is 5.67. The summed E-state index contributed by atoms with van der Waals surface area (Å²) in [5, 5.41) is 8.82. The molecule has 4 nitrogen and oxygen atoms in total. The van der Waals surface area contributed by atoms with Crippen molar-refractivity contribution in [2.24, 2.45) is 0 Å². The molecule has 0 saturated heterocycles. The summed E-state index contributed by atoms with van der Waals surface area (Å²) in [7, 11) is 0. The molecule has 0 aliphatic heterocycles. The zero-order valence-electron chi connectivity index (χ0n) is 10.7. The molecule has 21 heavy (non-hydrogen) atoms. The molecule has 0 bridgehead atoms. The summed E-state index contributed by atoms with van der Waals surface area (Å²) in [6.45, 7) is -0.522. The molecule has 1 aromatic carbocycles. The lowest BCUT2D eigenvalue weighted by atomic mass is 10.1. The van der Waals surface area contributed by atoms with E-state index in [1.165, 1.54) is 0 Å². The second-order valence-electron chi connectivity index (χ2n) is 4.75. The predicted molar refractivity (Wildman–Crippen MR) is 70.8 cm³/mol. The van der Waals surface area contributed by atoms with Crippen LogP contribution in [0.2, 0.25) is 0 Å². The van der Waals surface area contributed by atoms with Crippen LogP contribution in [0.3, 0.4) is 0 Å². The fourth-order valence-electron chi connectivity index (χ4n) is 1.92. The maximum atomic E-state index is 12.7. The number of carbonyl (C=O) groups excluding carboxylic acids is 1. The van der Waals surface area contributed by atoms with Gasteiger partial charge in [-0.1, -0.05) is 0 Å². The highest BCUT2D eigenvalue weighted by molar-refractivity contribution is 9.10. The van der Waals surface area contributed by atoms with Gasteiger partial charge in [0.1, 0.15) is 6.54 Å². The molecule has 1 aliphatic rings. The second-order valence-corrected chi connectivity index (χ2v) is 5.60. The summed E-state index contributed by atoms with van der Waals surface area (Å²) in [6.07, 6.45) is -3.24. The largest absolute Gasteiger partial charge is 0.480 e. The van der Waals surface area contributed by atoms with Crippen molar-refractivity contribution in [3.63, 3.8) is 0 Å². The van der Waals surface area contributed by atoms with Gasteiger partial charge in [0.25, 0.3) is 5.91 Å². The molecule has 1 amide bonds. The first-order chi connectivity index (χ1) is 9.70. The molecule has 1 N–H and O–H groups in total. The number of benzene rings is 1. The Balaban J connectivity index is 2.34. The molecule has 8 heteroatoms. The van der Waals surface area contributed by atoms with Crippen molar-refractivity contribution in [3.8, 4) is 0 Å². The molecule has 0 atom stereocenters. The molecule has 1 aliphatic carbocycles. The molecular formula is C13H11BrF3NO3. The highest BCUT2D eigenvalue weighted by Gasteiger charge is 2.36. The number of nitrogens with zero attached hydrogens (tertiary/aromatic N) is 1. The number of carboxylic acid groups (broad SMARTS) is 1. The van der Waals surface area contributed by atoms with Crippen molar-refractivity contribution in [1.29, 1.82) is 0 Å². The minimum Gasteiger partial charge on any atom is -0.480 e. The van der Waals surface area contributed by atoms with Crippen molar-refractivity contribution >= 4 is 27.8 Å². The Kier molecular flexibility index (Phi) is 4.27. The first kappa shape index (κ1) is 15.8. The van der Waals surface area contributed by atoms with Crippen LogP contribution in [-0.4, -0.2) is 34.5 Å². The van der Waals surface area contributed by atoms with Crippen molar-refractivity contribution in [3.05, 3.63) is 33.8 Å². The summed E-state index contributed by atoms with van der Waals surface area (Å²) >= 11 is 3.04. The molecule has 0 aromatic heterocycles. The van der Waals surface area contributed by atoms with Gasteiger partial charge in [-0.2, -0.15) is 13.2 Å². The van der Waals surface area contributed by atoms with E-state index in [1.807, 2.05) is 0 Å². The SMILES string of the molecule is O=C(O)CN(C(=O)c1cc(C(F)(F)F)ccc1Br)C1CC1. The van der Waals surface area contributed by atoms with Gasteiger partial charge in [-0.15, -0.1) is 0 Å². The van der Waals surface area contributed by atoms with E-state index in [0.29, 0.717) is 12.8 Å². The normalized spacial score (nSPS) is 14.9. The Labute approximate surface area is 126 Å². The van der Waals surface area contributed by atoms with Gasteiger partial charge < -0.3 is 10.0 Å². The first-order valence-electron chi connectivity index (χ1n) is 6.09. The molecule has 1 saturated carbocycles. The van der Waals surface area contributed by atoms with Gasteiger partial charge in [0, 0.05) is 10.5 Å². The van der Waals surface area contributed by atoms with Crippen molar-refractivity contribution in [2.75, 3.05) is 6.54 Å².